The average molecular weight is 223 g/mol. The van der Waals surface area contributed by atoms with Crippen molar-refractivity contribution in [1.29, 1.82) is 0 Å². The summed E-state index contributed by atoms with van der Waals surface area (Å²) in [5.74, 6) is 0. The quantitative estimate of drug-likeness (QED) is 0.790. The van der Waals surface area contributed by atoms with Gasteiger partial charge in [-0.05, 0) is 36.9 Å². The van der Waals surface area contributed by atoms with Crippen molar-refractivity contribution in [2.75, 3.05) is 13.7 Å². The van der Waals surface area contributed by atoms with Crippen LogP contribution in [-0.2, 0) is 10.2 Å². The van der Waals surface area contributed by atoms with Crippen LogP contribution in [0.15, 0.2) is 11.4 Å². The van der Waals surface area contributed by atoms with Gasteiger partial charge in [0.2, 0.25) is 0 Å². The Bertz CT molecular complexity index is 354. The van der Waals surface area contributed by atoms with Gasteiger partial charge in [-0.2, -0.15) is 0 Å². The highest BCUT2D eigenvalue weighted by Crippen LogP contribution is 2.48. The lowest BCUT2D eigenvalue weighted by Gasteiger charge is -2.37. The smallest absolute Gasteiger partial charge is 0.143 e. The van der Waals surface area contributed by atoms with E-state index in [0.717, 1.165) is 6.61 Å². The van der Waals surface area contributed by atoms with Gasteiger partial charge in [-0.1, -0.05) is 12.8 Å². The molecular weight excluding hydrogens is 206 g/mol. The minimum absolute atomic E-state index is 0.131. The van der Waals surface area contributed by atoms with Crippen molar-refractivity contribution in [2.45, 2.75) is 37.3 Å². The molecule has 0 amide bonds. The molecule has 1 unspecified atom stereocenters. The first kappa shape index (κ1) is 9.82. The molecule has 0 bridgehead atoms. The molecule has 1 fully saturated rings. The third kappa shape index (κ3) is 1.37. The van der Waals surface area contributed by atoms with Gasteiger partial charge in [0, 0.05) is 5.41 Å². The highest BCUT2D eigenvalue weighted by molar-refractivity contribution is 7.10. The lowest BCUT2D eigenvalue weighted by Crippen LogP contribution is -2.37. The number of rotatable bonds is 1. The Morgan fingerprint density at radius 2 is 2.27 bits per heavy atom. The largest absolute Gasteiger partial charge is 0.357 e. The molecule has 0 aromatic carbocycles. The van der Waals surface area contributed by atoms with Crippen LogP contribution in [0.4, 0.5) is 0 Å². The molecule has 1 aromatic rings. The van der Waals surface area contributed by atoms with E-state index in [1.54, 1.807) is 5.56 Å². The van der Waals surface area contributed by atoms with Crippen LogP contribution in [0.3, 0.4) is 0 Å². The Morgan fingerprint density at radius 3 is 3.00 bits per heavy atom. The summed E-state index contributed by atoms with van der Waals surface area (Å²) in [6, 6.07) is 2.32. The summed E-state index contributed by atoms with van der Waals surface area (Å²) in [7, 11) is 1.97. The van der Waals surface area contributed by atoms with Gasteiger partial charge in [0.15, 0.2) is 0 Å². The number of fused-ring (bicyclic) bond motifs is 2. The molecule has 1 aromatic heterocycles. The second-order valence-corrected chi connectivity index (χ2v) is 5.61. The van der Waals surface area contributed by atoms with E-state index in [9.17, 15) is 0 Å². The van der Waals surface area contributed by atoms with E-state index in [4.69, 9.17) is 4.74 Å². The van der Waals surface area contributed by atoms with Crippen LogP contribution in [0.5, 0.6) is 0 Å². The first-order chi connectivity index (χ1) is 7.36. The number of nitrogens with one attached hydrogen (secondary N) is 1. The molecule has 1 aliphatic heterocycles. The monoisotopic (exact) mass is 223 g/mol. The van der Waals surface area contributed by atoms with Crippen LogP contribution in [0.25, 0.3) is 0 Å². The van der Waals surface area contributed by atoms with Gasteiger partial charge in [0.25, 0.3) is 0 Å². The molecule has 15 heavy (non-hydrogen) atoms. The molecule has 0 saturated heterocycles. The maximum Gasteiger partial charge on any atom is 0.143 e. The first-order valence-electron chi connectivity index (χ1n) is 5.72. The topological polar surface area (TPSA) is 21.3 Å². The lowest BCUT2D eigenvalue weighted by atomic mass is 9.78. The fraction of sp³-hybridized carbons (Fsp3) is 0.667. The fourth-order valence-corrected chi connectivity index (χ4v) is 4.11. The highest BCUT2D eigenvalue weighted by atomic mass is 32.1. The third-order valence-electron chi connectivity index (χ3n) is 3.85. The Kier molecular flexibility index (Phi) is 2.34. The molecule has 2 heterocycles. The number of hydrogen-bond donors (Lipinski definition) is 1. The molecule has 3 heteroatoms. The Labute approximate surface area is 94.6 Å². The Balaban J connectivity index is 2.03. The van der Waals surface area contributed by atoms with Crippen molar-refractivity contribution in [2.24, 2.45) is 0 Å². The van der Waals surface area contributed by atoms with E-state index in [-0.39, 0.29) is 6.23 Å². The summed E-state index contributed by atoms with van der Waals surface area (Å²) >= 11 is 1.83. The van der Waals surface area contributed by atoms with Gasteiger partial charge in [-0.3, -0.25) is 5.32 Å². The van der Waals surface area contributed by atoms with Crippen molar-refractivity contribution in [3.05, 3.63) is 21.9 Å². The van der Waals surface area contributed by atoms with Crippen LogP contribution in [-0.4, -0.2) is 13.7 Å². The van der Waals surface area contributed by atoms with Crippen LogP contribution < -0.4 is 5.32 Å². The number of thiophene rings is 1. The van der Waals surface area contributed by atoms with Gasteiger partial charge >= 0.3 is 0 Å². The zero-order valence-corrected chi connectivity index (χ0v) is 9.90. The van der Waals surface area contributed by atoms with Crippen LogP contribution in [0.1, 0.15) is 42.4 Å². The molecule has 82 valence electrons. The molecule has 1 N–H and O–H groups in total. The average Bonchev–Trinajstić information content (AvgIpc) is 2.88. The second-order valence-electron chi connectivity index (χ2n) is 4.67. The fourth-order valence-electron chi connectivity index (χ4n) is 3.04. The molecule has 0 radical (unpaired) electrons. The molecule has 2 nitrogen and oxygen atoms in total. The van der Waals surface area contributed by atoms with E-state index in [0.29, 0.717) is 5.41 Å². The van der Waals surface area contributed by atoms with E-state index >= 15 is 0 Å². The Hall–Kier alpha value is -0.380. The summed E-state index contributed by atoms with van der Waals surface area (Å²) < 4.78 is 5.95. The maximum atomic E-state index is 5.95. The minimum atomic E-state index is 0.131. The van der Waals surface area contributed by atoms with Gasteiger partial charge in [-0.15, -0.1) is 11.3 Å². The van der Waals surface area contributed by atoms with E-state index in [1.165, 1.54) is 30.6 Å². The summed E-state index contributed by atoms with van der Waals surface area (Å²) in [5, 5.41) is 5.45. The molecule has 1 atom stereocenters. The standard InChI is InChI=1S/C12H17NOS/c1-13-11-10-9(4-7-15-10)12(8-14-11)5-2-3-6-12/h4,7,11,13H,2-3,5-6,8H2,1H3. The SMILES string of the molecule is CNC1OCC2(CCCC2)c2ccsc21. The number of hydrogen-bond acceptors (Lipinski definition) is 3. The van der Waals surface area contributed by atoms with Crippen molar-refractivity contribution >= 4 is 11.3 Å². The zero-order valence-electron chi connectivity index (χ0n) is 9.08. The minimum Gasteiger partial charge on any atom is -0.357 e. The summed E-state index contributed by atoms with van der Waals surface area (Å²) in [6.45, 7) is 0.905. The predicted octanol–water partition coefficient (Wildman–Crippen LogP) is 2.81. The number of ether oxygens (including phenoxy) is 1. The highest BCUT2D eigenvalue weighted by Gasteiger charge is 2.42. The van der Waals surface area contributed by atoms with Crippen molar-refractivity contribution in [3.63, 3.8) is 0 Å². The molecular formula is C12H17NOS. The molecule has 1 aliphatic carbocycles. The normalized spacial score (nSPS) is 28.2. The second kappa shape index (κ2) is 3.58. The van der Waals surface area contributed by atoms with Crippen molar-refractivity contribution in [3.8, 4) is 0 Å². The summed E-state index contributed by atoms with van der Waals surface area (Å²) in [6.07, 6.45) is 5.48. The van der Waals surface area contributed by atoms with Crippen LogP contribution in [0, 0.1) is 0 Å². The molecule has 1 saturated carbocycles. The van der Waals surface area contributed by atoms with E-state index in [1.807, 2.05) is 18.4 Å². The summed E-state index contributed by atoms with van der Waals surface area (Å²) in [5.41, 5.74) is 1.93. The van der Waals surface area contributed by atoms with Crippen molar-refractivity contribution in [1.82, 2.24) is 5.32 Å². The maximum absolute atomic E-state index is 5.95. The molecule has 1 spiro atoms. The lowest BCUT2D eigenvalue weighted by molar-refractivity contribution is -0.0133. The van der Waals surface area contributed by atoms with Gasteiger partial charge in [-0.25, -0.2) is 0 Å². The Morgan fingerprint density at radius 1 is 1.47 bits per heavy atom. The predicted molar refractivity (Wildman–Crippen MR) is 62.2 cm³/mol. The first-order valence-corrected chi connectivity index (χ1v) is 6.60. The van der Waals surface area contributed by atoms with Crippen LogP contribution >= 0.6 is 11.3 Å². The van der Waals surface area contributed by atoms with E-state index < -0.39 is 0 Å². The third-order valence-corrected chi connectivity index (χ3v) is 4.81. The van der Waals surface area contributed by atoms with E-state index in [2.05, 4.69) is 16.8 Å². The van der Waals surface area contributed by atoms with Gasteiger partial charge < -0.3 is 4.74 Å². The van der Waals surface area contributed by atoms with Crippen LogP contribution in [0.2, 0.25) is 0 Å². The van der Waals surface area contributed by atoms with Gasteiger partial charge in [0.1, 0.15) is 6.23 Å². The molecule has 2 aliphatic rings. The molecule has 3 rings (SSSR count). The zero-order chi connectivity index (χ0) is 10.3. The van der Waals surface area contributed by atoms with Crippen molar-refractivity contribution < 1.29 is 4.74 Å². The summed E-state index contributed by atoms with van der Waals surface area (Å²) in [4.78, 5) is 1.41. The van der Waals surface area contributed by atoms with Gasteiger partial charge in [0.05, 0.1) is 11.5 Å².